The predicted molar refractivity (Wildman–Crippen MR) is 26.9 cm³/mol. The lowest BCUT2D eigenvalue weighted by Crippen LogP contribution is -2.28. The third-order valence-electron chi connectivity index (χ3n) is 0.719. The van der Waals surface area contributed by atoms with Gasteiger partial charge in [-0.2, -0.15) is 22.0 Å². The Bertz CT molecular complexity index is 119. The van der Waals surface area contributed by atoms with Gasteiger partial charge >= 0.3 is 12.3 Å². The van der Waals surface area contributed by atoms with Crippen molar-refractivity contribution in [2.75, 3.05) is 6.61 Å². The molecule has 0 aromatic heterocycles. The van der Waals surface area contributed by atoms with E-state index < -0.39 is 25.3 Å². The number of halogens is 5. The minimum absolute atomic E-state index is 0.691. The van der Waals surface area contributed by atoms with E-state index in [1.54, 1.807) is 0 Å². The van der Waals surface area contributed by atoms with Gasteiger partial charge in [0.1, 0.15) is 6.42 Å². The largest absolute Gasteiger partial charge is 0.397 e. The van der Waals surface area contributed by atoms with Gasteiger partial charge in [-0.25, -0.2) is 0 Å². The Kier molecular flexibility index (Phi) is 3.22. The van der Waals surface area contributed by atoms with E-state index in [0.29, 0.717) is 0 Å². The molecule has 0 saturated carbocycles. The van der Waals surface area contributed by atoms with Crippen molar-refractivity contribution in [1.82, 2.24) is 0 Å². The van der Waals surface area contributed by atoms with Crippen LogP contribution in [0.5, 0.6) is 0 Å². The molecule has 1 radical (unpaired) electrons. The number of alkyl halides is 5. The molecule has 0 aliphatic rings. The summed E-state index contributed by atoms with van der Waals surface area (Å²) in [6, 6.07) is 0. The molecule has 67 valence electrons. The molecule has 0 unspecified atom stereocenters. The summed E-state index contributed by atoms with van der Waals surface area (Å²) < 4.78 is 61.2. The van der Waals surface area contributed by atoms with Gasteiger partial charge in [-0.15, -0.1) is 0 Å². The van der Waals surface area contributed by atoms with Crippen molar-refractivity contribution in [3.63, 3.8) is 0 Å². The highest BCUT2D eigenvalue weighted by molar-refractivity contribution is 4.60. The maximum absolute atomic E-state index is 11.9. The summed E-state index contributed by atoms with van der Waals surface area (Å²) >= 11 is 0. The molecule has 0 heterocycles. The van der Waals surface area contributed by atoms with Gasteiger partial charge in [0.2, 0.25) is 0 Å². The Labute approximate surface area is 60.1 Å². The molecule has 6 heteroatoms. The van der Waals surface area contributed by atoms with Gasteiger partial charge in [-0.05, 0) is 6.92 Å². The molecule has 11 heavy (non-hydrogen) atoms. The van der Waals surface area contributed by atoms with Gasteiger partial charge < -0.3 is 4.74 Å². The summed E-state index contributed by atoms with van der Waals surface area (Å²) in [5.74, 6) is 0. The minimum atomic E-state index is -4.92. The summed E-state index contributed by atoms with van der Waals surface area (Å²) in [5.41, 5.74) is 0. The first-order valence-corrected chi connectivity index (χ1v) is 2.64. The van der Waals surface area contributed by atoms with Crippen molar-refractivity contribution in [1.29, 1.82) is 0 Å². The van der Waals surface area contributed by atoms with Crippen LogP contribution >= 0.6 is 0 Å². The van der Waals surface area contributed by atoms with Crippen LogP contribution in [0.1, 0.15) is 6.42 Å². The van der Waals surface area contributed by atoms with E-state index in [1.165, 1.54) is 0 Å². The molecule has 0 aliphatic carbocycles. The van der Waals surface area contributed by atoms with Crippen LogP contribution in [0.2, 0.25) is 0 Å². The average Bonchev–Trinajstić information content (AvgIpc) is 1.55. The molecule has 0 aromatic rings. The van der Waals surface area contributed by atoms with E-state index in [-0.39, 0.29) is 0 Å². The normalized spacial score (nSPS) is 13.6. The van der Waals surface area contributed by atoms with Crippen molar-refractivity contribution in [3.05, 3.63) is 6.92 Å². The Morgan fingerprint density at radius 1 is 1.09 bits per heavy atom. The molecule has 0 aromatic carbocycles. The first-order chi connectivity index (χ1) is 4.77. The fraction of sp³-hybridized carbons (Fsp3) is 0.800. The van der Waals surface area contributed by atoms with Crippen LogP contribution < -0.4 is 0 Å². The van der Waals surface area contributed by atoms with Crippen molar-refractivity contribution in [2.45, 2.75) is 18.7 Å². The van der Waals surface area contributed by atoms with Gasteiger partial charge in [-0.3, -0.25) is 0 Å². The molecule has 0 spiro atoms. The zero-order valence-electron chi connectivity index (χ0n) is 5.42. The highest BCUT2D eigenvalue weighted by Crippen LogP contribution is 2.31. The Morgan fingerprint density at radius 3 is 1.82 bits per heavy atom. The maximum atomic E-state index is 11.9. The first kappa shape index (κ1) is 10.6. The van der Waals surface area contributed by atoms with Crippen molar-refractivity contribution in [3.8, 4) is 0 Å². The third-order valence-corrected chi connectivity index (χ3v) is 0.719. The molecule has 0 atom stereocenters. The van der Waals surface area contributed by atoms with Gasteiger partial charge in [-0.1, -0.05) is 0 Å². The lowest BCUT2D eigenvalue weighted by atomic mass is 10.4. The molecule has 0 saturated heterocycles. The van der Waals surface area contributed by atoms with Gasteiger partial charge in [0.15, 0.2) is 0 Å². The van der Waals surface area contributed by atoms with E-state index in [9.17, 15) is 22.0 Å². The highest BCUT2D eigenvalue weighted by Gasteiger charge is 2.44. The van der Waals surface area contributed by atoms with E-state index in [1.807, 2.05) is 0 Å². The van der Waals surface area contributed by atoms with Crippen LogP contribution in [0.4, 0.5) is 22.0 Å². The summed E-state index contributed by atoms with van der Waals surface area (Å²) in [4.78, 5) is 0. The van der Waals surface area contributed by atoms with Crippen LogP contribution in [0.25, 0.3) is 0 Å². The quantitative estimate of drug-likeness (QED) is 0.601. The van der Waals surface area contributed by atoms with E-state index in [2.05, 4.69) is 11.7 Å². The molecular formula is C5H6F5O. The molecular weight excluding hydrogens is 171 g/mol. The highest BCUT2D eigenvalue weighted by atomic mass is 19.4. The average molecular weight is 177 g/mol. The Balaban J connectivity index is 3.91. The molecule has 0 N–H and O–H groups in total. The molecule has 0 fully saturated rings. The zero-order chi connectivity index (χ0) is 9.12. The molecule has 1 nitrogen and oxygen atoms in total. The van der Waals surface area contributed by atoms with Crippen molar-refractivity contribution in [2.24, 2.45) is 0 Å². The third kappa shape index (κ3) is 6.03. The van der Waals surface area contributed by atoms with Gasteiger partial charge in [0.25, 0.3) is 0 Å². The smallest absolute Gasteiger partial charge is 0.320 e. The monoisotopic (exact) mass is 177 g/mol. The van der Waals surface area contributed by atoms with E-state index in [4.69, 9.17) is 0 Å². The van der Waals surface area contributed by atoms with E-state index in [0.717, 1.165) is 0 Å². The summed E-state index contributed by atoms with van der Waals surface area (Å²) in [6.07, 6.45) is -11.3. The Morgan fingerprint density at radius 2 is 1.55 bits per heavy atom. The zero-order valence-corrected chi connectivity index (χ0v) is 5.42. The number of ether oxygens (including phenoxy) is 1. The van der Waals surface area contributed by atoms with Crippen LogP contribution in [-0.2, 0) is 4.74 Å². The van der Waals surface area contributed by atoms with Gasteiger partial charge in [0, 0.05) is 0 Å². The number of rotatable bonds is 3. The minimum Gasteiger partial charge on any atom is -0.320 e. The lowest BCUT2D eigenvalue weighted by molar-refractivity contribution is -0.288. The molecule has 0 bridgehead atoms. The first-order valence-electron chi connectivity index (χ1n) is 2.64. The van der Waals surface area contributed by atoms with Crippen LogP contribution in [0, 0.1) is 6.92 Å². The van der Waals surface area contributed by atoms with Crippen LogP contribution in [0.3, 0.4) is 0 Å². The topological polar surface area (TPSA) is 9.23 Å². The lowest BCUT2D eigenvalue weighted by Gasteiger charge is -2.16. The number of hydrogen-bond acceptors (Lipinski definition) is 1. The fourth-order valence-corrected chi connectivity index (χ4v) is 0.434. The second-order valence-electron chi connectivity index (χ2n) is 1.78. The summed E-state index contributed by atoms with van der Waals surface area (Å²) in [5, 5.41) is 0. The standard InChI is InChI=1S/C5H6F5O/c1-2-11-5(9,10)3-4(6,7)8/h1-3H2. The molecule has 0 amide bonds. The summed E-state index contributed by atoms with van der Waals surface area (Å²) in [6.45, 7) is 2.14. The molecule has 0 aliphatic heterocycles. The number of hydrogen-bond donors (Lipinski definition) is 0. The van der Waals surface area contributed by atoms with Gasteiger partial charge in [0.05, 0.1) is 6.61 Å². The summed E-state index contributed by atoms with van der Waals surface area (Å²) in [7, 11) is 0. The second kappa shape index (κ2) is 3.34. The fourth-order valence-electron chi connectivity index (χ4n) is 0.434. The van der Waals surface area contributed by atoms with Crippen molar-refractivity contribution < 1.29 is 26.7 Å². The Hall–Kier alpha value is -0.390. The maximum Gasteiger partial charge on any atom is 0.397 e. The predicted octanol–water partition coefficient (Wildman–Crippen LogP) is 2.38. The van der Waals surface area contributed by atoms with Crippen LogP contribution in [-0.4, -0.2) is 18.9 Å². The SMILES string of the molecule is [CH2]COC(F)(F)CC(F)(F)F. The van der Waals surface area contributed by atoms with Crippen molar-refractivity contribution >= 4 is 0 Å². The second-order valence-corrected chi connectivity index (χ2v) is 1.78. The van der Waals surface area contributed by atoms with Crippen LogP contribution in [0.15, 0.2) is 0 Å². The van der Waals surface area contributed by atoms with E-state index >= 15 is 0 Å². The molecule has 0 rings (SSSR count).